The monoisotopic (exact) mass is 610 g/mol. The lowest BCUT2D eigenvalue weighted by Gasteiger charge is -2.15. The molecule has 2 aromatic carbocycles. The van der Waals surface area contributed by atoms with Gasteiger partial charge in [0.2, 0.25) is 0 Å². The van der Waals surface area contributed by atoms with Gasteiger partial charge in [0.05, 0.1) is 11.4 Å². The van der Waals surface area contributed by atoms with Gasteiger partial charge in [0.1, 0.15) is 6.73 Å². The second-order valence-corrected chi connectivity index (χ2v) is 16.6. The summed E-state index contributed by atoms with van der Waals surface area (Å²) in [6.45, 7) is 12.3. The summed E-state index contributed by atoms with van der Waals surface area (Å²) in [4.78, 5) is 12.6. The number of hydrogen-bond acceptors (Lipinski definition) is 4. The molecule has 0 aliphatic heterocycles. The van der Waals surface area contributed by atoms with Gasteiger partial charge in [-0.15, -0.1) is 12.4 Å². The van der Waals surface area contributed by atoms with Gasteiger partial charge < -0.3 is 15.8 Å². The molecular formula is C26H33BrCl2N4O2Si. The Morgan fingerprint density at radius 1 is 1.19 bits per heavy atom. The van der Waals surface area contributed by atoms with Crippen LogP contribution >= 0.6 is 39.9 Å². The minimum atomic E-state index is -1.12. The number of aromatic nitrogens is 2. The van der Waals surface area contributed by atoms with Crippen LogP contribution < -0.4 is 11.1 Å². The second kappa shape index (κ2) is 12.9. The van der Waals surface area contributed by atoms with Gasteiger partial charge in [-0.1, -0.05) is 59.3 Å². The summed E-state index contributed by atoms with van der Waals surface area (Å²) >= 11 is 9.59. The molecule has 6 nitrogen and oxygen atoms in total. The number of anilines is 1. The van der Waals surface area contributed by atoms with Gasteiger partial charge in [0, 0.05) is 41.1 Å². The summed E-state index contributed by atoms with van der Waals surface area (Å²) in [5.41, 5.74) is 11.5. The Balaban J connectivity index is 0.00000456. The number of nitrogens with two attached hydrogens (primary N) is 1. The maximum atomic E-state index is 12.6. The predicted molar refractivity (Wildman–Crippen MR) is 158 cm³/mol. The average Bonchev–Trinajstić information content (AvgIpc) is 3.06. The first kappa shape index (κ1) is 30.1. The van der Waals surface area contributed by atoms with Crippen LogP contribution in [0.1, 0.15) is 17.0 Å². The fourth-order valence-electron chi connectivity index (χ4n) is 3.55. The van der Waals surface area contributed by atoms with E-state index in [9.17, 15) is 4.79 Å². The van der Waals surface area contributed by atoms with E-state index in [1.54, 1.807) is 18.2 Å². The van der Waals surface area contributed by atoms with Crippen LogP contribution in [0.2, 0.25) is 30.7 Å². The van der Waals surface area contributed by atoms with Gasteiger partial charge in [0.25, 0.3) is 5.91 Å². The van der Waals surface area contributed by atoms with Crippen molar-refractivity contribution in [2.45, 2.75) is 46.3 Å². The van der Waals surface area contributed by atoms with Gasteiger partial charge in [-0.25, -0.2) is 4.68 Å². The van der Waals surface area contributed by atoms with Crippen LogP contribution in [0.25, 0.3) is 17.2 Å². The lowest BCUT2D eigenvalue weighted by atomic mass is 10.0. The summed E-state index contributed by atoms with van der Waals surface area (Å²) in [6, 6.07) is 14.1. The topological polar surface area (TPSA) is 82.2 Å². The number of rotatable bonds is 9. The van der Waals surface area contributed by atoms with Crippen LogP contribution in [0, 0.1) is 13.8 Å². The molecule has 1 heterocycles. The maximum absolute atomic E-state index is 12.6. The lowest BCUT2D eigenvalue weighted by molar-refractivity contribution is -0.112. The fourth-order valence-corrected chi connectivity index (χ4v) is 4.86. The molecule has 1 amide bonds. The van der Waals surface area contributed by atoms with Crippen molar-refractivity contribution in [1.82, 2.24) is 9.78 Å². The third-order valence-corrected chi connectivity index (χ3v) is 8.10. The van der Waals surface area contributed by atoms with Crippen molar-refractivity contribution in [2.75, 3.05) is 11.9 Å². The number of halogens is 3. The first-order valence-corrected chi connectivity index (χ1v) is 16.3. The Morgan fingerprint density at radius 2 is 1.86 bits per heavy atom. The fraction of sp³-hybridized carbons (Fsp3) is 0.308. The molecule has 36 heavy (non-hydrogen) atoms. The van der Waals surface area contributed by atoms with Crippen molar-refractivity contribution in [1.29, 1.82) is 0 Å². The van der Waals surface area contributed by atoms with Gasteiger partial charge >= 0.3 is 0 Å². The number of carbonyl (C=O) groups excluding carboxylic acids is 1. The standard InChI is InChI=1S/C26H32BrClN4O2Si.ClH/c1-17-25(18(2)32(31-17)16-34-12-13-35(3,4)5)19-6-9-22(10-7-19)30-26(33)24(29)15-20-14-21(27)8-11-23(20)28;/h6-11,14-15H,12-13,16,29H2,1-5H3,(H,30,33);1H. The van der Waals surface area contributed by atoms with E-state index in [2.05, 4.69) is 46.0 Å². The minimum Gasteiger partial charge on any atom is -0.394 e. The smallest absolute Gasteiger partial charge is 0.271 e. The number of nitrogens with zero attached hydrogens (tertiary/aromatic N) is 2. The Labute approximate surface area is 233 Å². The van der Waals surface area contributed by atoms with Gasteiger partial charge in [-0.3, -0.25) is 4.79 Å². The maximum Gasteiger partial charge on any atom is 0.271 e. The molecule has 0 aliphatic carbocycles. The molecule has 3 N–H and O–H groups in total. The molecular weight excluding hydrogens is 579 g/mol. The molecule has 0 bridgehead atoms. The molecule has 1 aromatic heterocycles. The van der Waals surface area contributed by atoms with E-state index in [0.29, 0.717) is 23.0 Å². The van der Waals surface area contributed by atoms with Crippen molar-refractivity contribution in [3.63, 3.8) is 0 Å². The zero-order valence-electron chi connectivity index (χ0n) is 21.2. The molecule has 0 fully saturated rings. The highest BCUT2D eigenvalue weighted by atomic mass is 79.9. The van der Waals surface area contributed by atoms with Crippen molar-refractivity contribution in [3.8, 4) is 11.1 Å². The summed E-state index contributed by atoms with van der Waals surface area (Å²) in [5.74, 6) is -0.399. The molecule has 0 spiro atoms. The number of amides is 1. The summed E-state index contributed by atoms with van der Waals surface area (Å²) in [6.07, 6.45) is 1.56. The molecule has 3 rings (SSSR count). The lowest BCUT2D eigenvalue weighted by Crippen LogP contribution is -2.22. The van der Waals surface area contributed by atoms with Crippen molar-refractivity contribution >= 4 is 65.7 Å². The van der Waals surface area contributed by atoms with Gasteiger partial charge in [0.15, 0.2) is 0 Å². The summed E-state index contributed by atoms with van der Waals surface area (Å²) in [7, 11) is -1.12. The molecule has 10 heteroatoms. The Morgan fingerprint density at radius 3 is 2.50 bits per heavy atom. The van der Waals surface area contributed by atoms with Crippen molar-refractivity contribution < 1.29 is 9.53 Å². The van der Waals surface area contributed by atoms with Crippen molar-refractivity contribution in [2.24, 2.45) is 5.73 Å². The van der Waals surface area contributed by atoms with E-state index >= 15 is 0 Å². The number of nitrogens with one attached hydrogen (secondary N) is 1. The Kier molecular flexibility index (Phi) is 10.8. The van der Waals surface area contributed by atoms with Crippen LogP contribution in [-0.2, 0) is 16.3 Å². The molecule has 0 aliphatic rings. The van der Waals surface area contributed by atoms with Crippen molar-refractivity contribution in [3.05, 3.63) is 74.6 Å². The van der Waals surface area contributed by atoms with Gasteiger partial charge in [-0.05, 0) is 67.4 Å². The zero-order valence-corrected chi connectivity index (χ0v) is 25.4. The quantitative estimate of drug-likeness (QED) is 0.152. The summed E-state index contributed by atoms with van der Waals surface area (Å²) < 4.78 is 8.64. The number of benzene rings is 2. The van der Waals surface area contributed by atoms with Crippen LogP contribution in [0.3, 0.4) is 0 Å². The van der Waals surface area contributed by atoms with Crippen LogP contribution in [-0.4, -0.2) is 30.4 Å². The highest BCUT2D eigenvalue weighted by molar-refractivity contribution is 9.10. The first-order valence-electron chi connectivity index (χ1n) is 11.4. The predicted octanol–water partition coefficient (Wildman–Crippen LogP) is 7.26. The van der Waals surface area contributed by atoms with Gasteiger partial charge in [-0.2, -0.15) is 5.10 Å². The first-order chi connectivity index (χ1) is 16.4. The van der Waals surface area contributed by atoms with Crippen LogP contribution in [0.15, 0.2) is 52.6 Å². The number of aryl methyl sites for hydroxylation is 1. The SMILES string of the molecule is Cc1nn(COCC[Si](C)(C)C)c(C)c1-c1ccc(NC(=O)C(N)=Cc2cc(Br)ccc2Cl)cc1.Cl. The minimum absolute atomic E-state index is 0. The zero-order chi connectivity index (χ0) is 25.8. The molecule has 0 unspecified atom stereocenters. The molecule has 3 aromatic rings. The molecule has 0 saturated carbocycles. The largest absolute Gasteiger partial charge is 0.394 e. The van der Waals surface area contributed by atoms with Crippen LogP contribution in [0.5, 0.6) is 0 Å². The van der Waals surface area contributed by atoms with E-state index in [1.807, 2.05) is 48.9 Å². The van der Waals surface area contributed by atoms with E-state index in [1.165, 1.54) is 0 Å². The number of ether oxygens (including phenoxy) is 1. The normalized spacial score (nSPS) is 11.8. The van der Waals surface area contributed by atoms with E-state index in [4.69, 9.17) is 22.1 Å². The average molecular weight is 612 g/mol. The molecule has 0 atom stereocenters. The molecule has 0 radical (unpaired) electrons. The highest BCUT2D eigenvalue weighted by Gasteiger charge is 2.16. The third-order valence-electron chi connectivity index (χ3n) is 5.55. The highest BCUT2D eigenvalue weighted by Crippen LogP contribution is 2.28. The Bertz CT molecular complexity index is 1240. The number of carbonyl (C=O) groups is 1. The van der Waals surface area contributed by atoms with E-state index < -0.39 is 14.0 Å². The van der Waals surface area contributed by atoms with E-state index in [-0.39, 0.29) is 18.1 Å². The molecule has 194 valence electrons. The molecule has 0 saturated heterocycles. The van der Waals surface area contributed by atoms with E-state index in [0.717, 1.165) is 39.6 Å². The Hall–Kier alpha value is -2.10. The van der Waals surface area contributed by atoms with Crippen LogP contribution in [0.4, 0.5) is 5.69 Å². The number of hydrogen-bond donors (Lipinski definition) is 2. The third kappa shape index (κ3) is 8.21. The summed E-state index contributed by atoms with van der Waals surface area (Å²) in [5, 5.41) is 8.01. The second-order valence-electron chi connectivity index (χ2n) is 9.69.